The second-order valence-electron chi connectivity index (χ2n) is 5.73. The molecule has 0 atom stereocenters. The molecular formula is C19H18FNO3. The van der Waals surface area contributed by atoms with Gasteiger partial charge in [0.05, 0.1) is 0 Å². The highest BCUT2D eigenvalue weighted by molar-refractivity contribution is 5.84. The fourth-order valence-corrected chi connectivity index (χ4v) is 2.67. The van der Waals surface area contributed by atoms with Gasteiger partial charge >= 0.3 is 5.63 Å². The number of hydrogen-bond donors (Lipinski definition) is 2. The van der Waals surface area contributed by atoms with Crippen molar-refractivity contribution in [2.24, 2.45) is 0 Å². The third-order valence-corrected chi connectivity index (χ3v) is 4.04. The van der Waals surface area contributed by atoms with Crippen LogP contribution in [0.1, 0.15) is 16.7 Å². The van der Waals surface area contributed by atoms with Crippen LogP contribution < -0.4 is 10.9 Å². The van der Waals surface area contributed by atoms with Gasteiger partial charge in [0.2, 0.25) is 0 Å². The summed E-state index contributed by atoms with van der Waals surface area (Å²) in [5.74, 6) is -0.139. The average molecular weight is 327 g/mol. The van der Waals surface area contributed by atoms with Crippen LogP contribution >= 0.6 is 0 Å². The zero-order valence-corrected chi connectivity index (χ0v) is 13.3. The minimum Gasteiger partial charge on any atom is -0.508 e. The van der Waals surface area contributed by atoms with E-state index in [1.165, 1.54) is 18.2 Å². The number of phenols is 1. The van der Waals surface area contributed by atoms with E-state index in [2.05, 4.69) is 5.32 Å². The molecule has 0 aliphatic heterocycles. The maximum atomic E-state index is 12.9. The Kier molecular flexibility index (Phi) is 4.62. The van der Waals surface area contributed by atoms with Crippen LogP contribution in [0.4, 0.5) is 4.39 Å². The van der Waals surface area contributed by atoms with Gasteiger partial charge in [-0.3, -0.25) is 0 Å². The molecule has 124 valence electrons. The molecule has 0 amide bonds. The highest BCUT2D eigenvalue weighted by Crippen LogP contribution is 2.27. The molecule has 5 heteroatoms. The molecule has 24 heavy (non-hydrogen) atoms. The van der Waals surface area contributed by atoms with Gasteiger partial charge in [-0.2, -0.15) is 0 Å². The van der Waals surface area contributed by atoms with Gasteiger partial charge in [0.1, 0.15) is 17.1 Å². The number of aromatic hydroxyl groups is 1. The highest BCUT2D eigenvalue weighted by Gasteiger charge is 2.10. The molecule has 0 unspecified atom stereocenters. The number of benzene rings is 2. The molecule has 4 nitrogen and oxygen atoms in total. The summed E-state index contributed by atoms with van der Waals surface area (Å²) in [6.45, 7) is 2.92. The van der Waals surface area contributed by atoms with Crippen LogP contribution in [0, 0.1) is 12.7 Å². The highest BCUT2D eigenvalue weighted by atomic mass is 19.1. The zero-order valence-electron chi connectivity index (χ0n) is 13.3. The number of fused-ring (bicyclic) bond motifs is 1. The summed E-state index contributed by atoms with van der Waals surface area (Å²) in [5.41, 5.74) is 2.40. The van der Waals surface area contributed by atoms with E-state index in [9.17, 15) is 14.3 Å². The van der Waals surface area contributed by atoms with Crippen LogP contribution in [0.15, 0.2) is 51.7 Å². The third-order valence-electron chi connectivity index (χ3n) is 4.04. The first kappa shape index (κ1) is 16.2. The van der Waals surface area contributed by atoms with Crippen LogP contribution in [0.25, 0.3) is 11.0 Å². The SMILES string of the molecule is Cc1c(O)ccc2c(CNCCc3ccc(F)cc3)cc(=O)oc12. The van der Waals surface area contributed by atoms with Crippen LogP contribution in [-0.4, -0.2) is 11.7 Å². The molecule has 3 rings (SSSR count). The first-order valence-corrected chi connectivity index (χ1v) is 7.75. The van der Waals surface area contributed by atoms with Crippen molar-refractivity contribution in [1.82, 2.24) is 5.32 Å². The van der Waals surface area contributed by atoms with Gasteiger partial charge < -0.3 is 14.8 Å². The van der Waals surface area contributed by atoms with Crippen molar-refractivity contribution >= 4 is 11.0 Å². The van der Waals surface area contributed by atoms with Gasteiger partial charge in [0.25, 0.3) is 0 Å². The van der Waals surface area contributed by atoms with E-state index in [1.54, 1.807) is 31.2 Å². The van der Waals surface area contributed by atoms with Gasteiger partial charge in [-0.15, -0.1) is 0 Å². The van der Waals surface area contributed by atoms with Crippen molar-refractivity contribution in [3.05, 3.63) is 75.4 Å². The molecular weight excluding hydrogens is 309 g/mol. The van der Waals surface area contributed by atoms with Crippen molar-refractivity contribution < 1.29 is 13.9 Å². The Morgan fingerprint density at radius 3 is 2.67 bits per heavy atom. The van der Waals surface area contributed by atoms with Gasteiger partial charge in [-0.25, -0.2) is 9.18 Å². The van der Waals surface area contributed by atoms with Gasteiger partial charge in [0, 0.05) is 23.6 Å². The lowest BCUT2D eigenvalue weighted by molar-refractivity contribution is 0.468. The average Bonchev–Trinajstić information content (AvgIpc) is 2.57. The smallest absolute Gasteiger partial charge is 0.336 e. The van der Waals surface area contributed by atoms with Crippen LogP contribution in [0.5, 0.6) is 5.75 Å². The number of rotatable bonds is 5. The maximum absolute atomic E-state index is 12.9. The van der Waals surface area contributed by atoms with Crippen LogP contribution in [0.2, 0.25) is 0 Å². The van der Waals surface area contributed by atoms with Crippen molar-refractivity contribution in [1.29, 1.82) is 0 Å². The lowest BCUT2D eigenvalue weighted by Gasteiger charge is -2.09. The van der Waals surface area contributed by atoms with Crippen molar-refractivity contribution in [3.8, 4) is 5.75 Å². The number of halogens is 1. The van der Waals surface area contributed by atoms with E-state index in [1.807, 2.05) is 0 Å². The van der Waals surface area contributed by atoms with E-state index < -0.39 is 5.63 Å². The Morgan fingerprint density at radius 2 is 1.92 bits per heavy atom. The molecule has 0 aliphatic carbocycles. The molecule has 0 aliphatic rings. The molecule has 2 aromatic carbocycles. The number of aryl methyl sites for hydroxylation is 1. The number of nitrogens with one attached hydrogen (secondary N) is 1. The van der Waals surface area contributed by atoms with E-state index >= 15 is 0 Å². The summed E-state index contributed by atoms with van der Waals surface area (Å²) < 4.78 is 18.1. The van der Waals surface area contributed by atoms with Crippen LogP contribution in [-0.2, 0) is 13.0 Å². The van der Waals surface area contributed by atoms with E-state index in [0.717, 1.165) is 22.9 Å². The van der Waals surface area contributed by atoms with Gasteiger partial charge in [0.15, 0.2) is 0 Å². The largest absolute Gasteiger partial charge is 0.508 e. The van der Waals surface area contributed by atoms with Gasteiger partial charge in [-0.1, -0.05) is 12.1 Å². The Morgan fingerprint density at radius 1 is 1.17 bits per heavy atom. The minimum absolute atomic E-state index is 0.104. The summed E-state index contributed by atoms with van der Waals surface area (Å²) in [4.78, 5) is 11.7. The Bertz CT molecular complexity index is 916. The molecule has 0 saturated heterocycles. The van der Waals surface area contributed by atoms with Crippen LogP contribution in [0.3, 0.4) is 0 Å². The van der Waals surface area contributed by atoms with Crippen molar-refractivity contribution in [2.45, 2.75) is 19.9 Å². The Hall–Kier alpha value is -2.66. The summed E-state index contributed by atoms with van der Waals surface area (Å²) in [7, 11) is 0. The molecule has 0 fully saturated rings. The molecule has 1 heterocycles. The third kappa shape index (κ3) is 3.46. The molecule has 2 N–H and O–H groups in total. The second-order valence-corrected chi connectivity index (χ2v) is 5.73. The Labute approximate surface area is 138 Å². The van der Waals surface area contributed by atoms with Gasteiger partial charge in [-0.05, 0) is 55.3 Å². The fourth-order valence-electron chi connectivity index (χ4n) is 2.67. The molecule has 1 aromatic heterocycles. The lowest BCUT2D eigenvalue weighted by atomic mass is 10.1. The minimum atomic E-state index is -0.438. The van der Waals surface area contributed by atoms with E-state index in [-0.39, 0.29) is 11.6 Å². The van der Waals surface area contributed by atoms with E-state index in [4.69, 9.17) is 4.42 Å². The Balaban J connectivity index is 1.72. The molecule has 0 radical (unpaired) electrons. The van der Waals surface area contributed by atoms with Crippen molar-refractivity contribution in [3.63, 3.8) is 0 Å². The maximum Gasteiger partial charge on any atom is 0.336 e. The quantitative estimate of drug-likeness (QED) is 0.558. The standard InChI is InChI=1S/C19H18FNO3/c1-12-17(22)7-6-16-14(10-18(23)24-19(12)16)11-21-9-8-13-2-4-15(20)5-3-13/h2-7,10,21-22H,8-9,11H2,1H3. The lowest BCUT2D eigenvalue weighted by Crippen LogP contribution is -2.18. The van der Waals surface area contributed by atoms with E-state index in [0.29, 0.717) is 24.2 Å². The topological polar surface area (TPSA) is 62.5 Å². The summed E-state index contributed by atoms with van der Waals surface area (Å²) >= 11 is 0. The summed E-state index contributed by atoms with van der Waals surface area (Å²) in [6.07, 6.45) is 0.763. The number of phenolic OH excluding ortho intramolecular Hbond substituents is 1. The normalized spacial score (nSPS) is 11.1. The fraction of sp³-hybridized carbons (Fsp3) is 0.211. The molecule has 0 saturated carbocycles. The predicted octanol–water partition coefficient (Wildman–Crippen LogP) is 3.28. The number of hydrogen-bond acceptors (Lipinski definition) is 4. The molecule has 0 spiro atoms. The second kappa shape index (κ2) is 6.84. The molecule has 0 bridgehead atoms. The van der Waals surface area contributed by atoms with Crippen molar-refractivity contribution in [2.75, 3.05) is 6.54 Å². The first-order valence-electron chi connectivity index (χ1n) is 7.75. The molecule has 3 aromatic rings. The first-order chi connectivity index (χ1) is 11.5. The predicted molar refractivity (Wildman–Crippen MR) is 90.7 cm³/mol. The zero-order chi connectivity index (χ0) is 17.1. The monoisotopic (exact) mass is 327 g/mol. The summed E-state index contributed by atoms with van der Waals surface area (Å²) in [6, 6.07) is 11.2. The summed E-state index contributed by atoms with van der Waals surface area (Å²) in [5, 5.41) is 13.8.